The zero-order valence-corrected chi connectivity index (χ0v) is 19.7. The van der Waals surface area contributed by atoms with Gasteiger partial charge in [0.25, 0.3) is 6.43 Å². The van der Waals surface area contributed by atoms with Crippen molar-refractivity contribution in [1.29, 1.82) is 0 Å². The third kappa shape index (κ3) is 6.19. The first-order valence-electron chi connectivity index (χ1n) is 11.1. The van der Waals surface area contributed by atoms with Gasteiger partial charge in [-0.1, -0.05) is 18.2 Å². The van der Waals surface area contributed by atoms with Crippen LogP contribution >= 0.6 is 11.6 Å². The van der Waals surface area contributed by atoms with Gasteiger partial charge in [-0.3, -0.25) is 10.2 Å². The number of aromatic nitrogens is 2. The molecule has 35 heavy (non-hydrogen) atoms. The van der Waals surface area contributed by atoms with Crippen LogP contribution in [-0.4, -0.2) is 60.4 Å². The Kier molecular flexibility index (Phi) is 8.39. The molecule has 3 heterocycles. The zero-order valence-electron chi connectivity index (χ0n) is 18.9. The molecule has 9 nitrogen and oxygen atoms in total. The van der Waals surface area contributed by atoms with E-state index in [1.54, 1.807) is 11.9 Å². The molecular formula is C22H25ClF3N5O4. The number of hydrogen-bond donors (Lipinski definition) is 2. The number of carbonyl (C=O) groups is 1. The maximum atomic E-state index is 14.7. The summed E-state index contributed by atoms with van der Waals surface area (Å²) in [5.74, 6) is -1.20. The van der Waals surface area contributed by atoms with Crippen LogP contribution in [0.25, 0.3) is 0 Å². The Hall–Kier alpha value is -2.51. The number of halogens is 4. The maximum absolute atomic E-state index is 14.7. The predicted octanol–water partition coefficient (Wildman–Crippen LogP) is 3.33. The van der Waals surface area contributed by atoms with Crippen molar-refractivity contribution in [2.75, 3.05) is 44.8 Å². The Labute approximate surface area is 204 Å². The highest BCUT2D eigenvalue weighted by Gasteiger charge is 2.30. The van der Waals surface area contributed by atoms with Crippen LogP contribution in [0, 0.1) is 5.82 Å². The summed E-state index contributed by atoms with van der Waals surface area (Å²) in [6.45, 7) is 4.32. The van der Waals surface area contributed by atoms with E-state index in [2.05, 4.69) is 20.7 Å². The minimum absolute atomic E-state index is 0.0170. The van der Waals surface area contributed by atoms with Gasteiger partial charge in [-0.25, -0.2) is 28.1 Å². The van der Waals surface area contributed by atoms with Crippen molar-refractivity contribution in [3.05, 3.63) is 51.7 Å². The van der Waals surface area contributed by atoms with Crippen molar-refractivity contribution < 1.29 is 32.2 Å². The molecule has 2 aromatic rings. The molecule has 4 rings (SSSR count). The summed E-state index contributed by atoms with van der Waals surface area (Å²) in [5.41, 5.74) is 2.72. The van der Waals surface area contributed by atoms with Gasteiger partial charge in [0.05, 0.1) is 55.7 Å². The van der Waals surface area contributed by atoms with Gasteiger partial charge in [-0.05, 0) is 18.5 Å². The fraction of sp³-hybridized carbons (Fsp3) is 0.500. The number of hydrazine groups is 1. The fourth-order valence-electron chi connectivity index (χ4n) is 3.90. The highest BCUT2D eigenvalue weighted by molar-refractivity contribution is 6.28. The number of anilines is 1. The standard InChI is InChI=1S/C22H25ClF3N5O4/c1-12(13-3-2-4-14(18(13)24)19(25)26)27-20-17(21-34-9-10-35-21)15(28-22(23)29-20)11-16(32)30-31-5-7-33-8-6-31/h2-4,12,19,21H,5-11H2,1H3,(H,30,32)(H,27,28,29)/t12-/m1/s1. The number of alkyl halides is 2. The average molecular weight is 516 g/mol. The van der Waals surface area contributed by atoms with Crippen molar-refractivity contribution in [2.24, 2.45) is 0 Å². The van der Waals surface area contributed by atoms with Gasteiger partial charge in [0.1, 0.15) is 11.6 Å². The molecule has 1 aromatic heterocycles. The van der Waals surface area contributed by atoms with Gasteiger partial charge in [-0.15, -0.1) is 0 Å². The first-order chi connectivity index (χ1) is 16.8. The van der Waals surface area contributed by atoms with E-state index in [0.717, 1.165) is 6.07 Å². The molecule has 13 heteroatoms. The van der Waals surface area contributed by atoms with Gasteiger partial charge in [-0.2, -0.15) is 0 Å². The second-order valence-electron chi connectivity index (χ2n) is 8.00. The van der Waals surface area contributed by atoms with Gasteiger partial charge in [0, 0.05) is 18.7 Å². The summed E-state index contributed by atoms with van der Waals surface area (Å²) in [5, 5.41) is 4.60. The van der Waals surface area contributed by atoms with Crippen LogP contribution in [-0.2, 0) is 25.4 Å². The molecule has 190 valence electrons. The first kappa shape index (κ1) is 25.6. The van der Waals surface area contributed by atoms with Crippen LogP contribution in [0.2, 0.25) is 5.28 Å². The highest BCUT2D eigenvalue weighted by atomic mass is 35.5. The number of carbonyl (C=O) groups excluding carboxylic acids is 1. The topological polar surface area (TPSA) is 97.8 Å². The van der Waals surface area contributed by atoms with Crippen LogP contribution < -0.4 is 10.7 Å². The van der Waals surface area contributed by atoms with Crippen molar-refractivity contribution in [2.45, 2.75) is 32.1 Å². The van der Waals surface area contributed by atoms with E-state index in [1.165, 1.54) is 12.1 Å². The second kappa shape index (κ2) is 11.5. The Morgan fingerprint density at radius 2 is 1.86 bits per heavy atom. The van der Waals surface area contributed by atoms with Gasteiger partial charge >= 0.3 is 0 Å². The molecule has 2 aliphatic heterocycles. The molecule has 0 spiro atoms. The molecule has 0 aliphatic carbocycles. The second-order valence-corrected chi connectivity index (χ2v) is 8.34. The molecule has 0 unspecified atom stereocenters. The van der Waals surface area contributed by atoms with Gasteiger partial charge in [0.15, 0.2) is 6.29 Å². The molecule has 0 saturated carbocycles. The monoisotopic (exact) mass is 515 g/mol. The Morgan fingerprint density at radius 1 is 1.17 bits per heavy atom. The molecule has 2 N–H and O–H groups in total. The van der Waals surface area contributed by atoms with E-state index >= 15 is 0 Å². The molecule has 1 atom stereocenters. The van der Waals surface area contributed by atoms with Crippen molar-refractivity contribution in [3.63, 3.8) is 0 Å². The normalized spacial score (nSPS) is 18.1. The first-order valence-corrected chi connectivity index (χ1v) is 11.5. The maximum Gasteiger partial charge on any atom is 0.266 e. The van der Waals surface area contributed by atoms with Crippen LogP contribution in [0.4, 0.5) is 19.0 Å². The number of hydrogen-bond acceptors (Lipinski definition) is 8. The predicted molar refractivity (Wildman–Crippen MR) is 119 cm³/mol. The third-order valence-electron chi connectivity index (χ3n) is 5.59. The molecule has 2 aliphatic rings. The van der Waals surface area contributed by atoms with E-state index in [1.807, 2.05) is 0 Å². The van der Waals surface area contributed by atoms with E-state index in [0.29, 0.717) is 45.1 Å². The van der Waals surface area contributed by atoms with Crippen LogP contribution in [0.1, 0.15) is 48.1 Å². The molecular weight excluding hydrogens is 491 g/mol. The molecule has 1 aromatic carbocycles. The van der Waals surface area contributed by atoms with Crippen LogP contribution in [0.15, 0.2) is 18.2 Å². The lowest BCUT2D eigenvalue weighted by Crippen LogP contribution is -2.49. The Morgan fingerprint density at radius 3 is 2.54 bits per heavy atom. The lowest BCUT2D eigenvalue weighted by molar-refractivity contribution is -0.127. The number of nitrogens with one attached hydrogen (secondary N) is 2. The minimum Gasteiger partial charge on any atom is -0.379 e. The van der Waals surface area contributed by atoms with Crippen molar-refractivity contribution in [3.8, 4) is 0 Å². The van der Waals surface area contributed by atoms with Crippen molar-refractivity contribution in [1.82, 2.24) is 20.4 Å². The quantitative estimate of drug-likeness (QED) is 0.517. The third-order valence-corrected chi connectivity index (χ3v) is 5.76. The SMILES string of the molecule is C[C@@H](Nc1nc(Cl)nc(CC(=O)NN2CCOCC2)c1C1OCCO1)c1cccc(C(F)F)c1F. The fourth-order valence-corrected chi connectivity index (χ4v) is 4.09. The zero-order chi connectivity index (χ0) is 24.9. The summed E-state index contributed by atoms with van der Waals surface area (Å²) in [6.07, 6.45) is -4.00. The lowest BCUT2D eigenvalue weighted by atomic mass is 10.0. The van der Waals surface area contributed by atoms with E-state index in [-0.39, 0.29) is 34.7 Å². The molecule has 2 saturated heterocycles. The van der Waals surface area contributed by atoms with Gasteiger partial charge < -0.3 is 19.5 Å². The Balaban J connectivity index is 1.62. The molecule has 0 bridgehead atoms. The lowest BCUT2D eigenvalue weighted by Gasteiger charge is -2.27. The summed E-state index contributed by atoms with van der Waals surface area (Å²) in [7, 11) is 0. The number of rotatable bonds is 8. The number of benzene rings is 1. The molecule has 2 fully saturated rings. The summed E-state index contributed by atoms with van der Waals surface area (Å²) >= 11 is 6.16. The number of ether oxygens (including phenoxy) is 3. The number of amides is 1. The Bertz CT molecular complexity index is 1050. The smallest absolute Gasteiger partial charge is 0.266 e. The van der Waals surface area contributed by atoms with E-state index in [9.17, 15) is 18.0 Å². The largest absolute Gasteiger partial charge is 0.379 e. The molecule has 1 amide bonds. The summed E-state index contributed by atoms with van der Waals surface area (Å²) in [6, 6.07) is 3.01. The van der Waals surface area contributed by atoms with Gasteiger partial charge in [0.2, 0.25) is 11.2 Å². The minimum atomic E-state index is -2.96. The summed E-state index contributed by atoms with van der Waals surface area (Å²) < 4.78 is 57.7. The average Bonchev–Trinajstić information content (AvgIpc) is 3.33. The van der Waals surface area contributed by atoms with Crippen LogP contribution in [0.3, 0.4) is 0 Å². The number of morpholine rings is 1. The number of nitrogens with zero attached hydrogens (tertiary/aromatic N) is 3. The van der Waals surface area contributed by atoms with E-state index in [4.69, 9.17) is 25.8 Å². The van der Waals surface area contributed by atoms with E-state index < -0.39 is 30.1 Å². The van der Waals surface area contributed by atoms with Crippen molar-refractivity contribution >= 4 is 23.3 Å². The van der Waals surface area contributed by atoms with Crippen LogP contribution in [0.5, 0.6) is 0 Å². The summed E-state index contributed by atoms with van der Waals surface area (Å²) in [4.78, 5) is 21.2. The highest BCUT2D eigenvalue weighted by Crippen LogP contribution is 2.35. The molecule has 0 radical (unpaired) electrons.